The Bertz CT molecular complexity index is 701. The highest BCUT2D eigenvalue weighted by Gasteiger charge is 2.33. The lowest BCUT2D eigenvalue weighted by molar-refractivity contribution is 0.193. The average molecular weight is 326 g/mol. The summed E-state index contributed by atoms with van der Waals surface area (Å²) < 4.78 is 0. The largest absolute Gasteiger partial charge is 0.352 e. The molecule has 126 valence electrons. The molecule has 2 aromatic heterocycles. The molecule has 2 aliphatic rings. The Morgan fingerprint density at radius 1 is 1.46 bits per heavy atom. The van der Waals surface area contributed by atoms with E-state index in [1.165, 1.54) is 0 Å². The van der Waals surface area contributed by atoms with Gasteiger partial charge in [0, 0.05) is 43.6 Å². The third-order valence-electron chi connectivity index (χ3n) is 4.84. The summed E-state index contributed by atoms with van der Waals surface area (Å²) >= 11 is 0. The number of nitrogens with zero attached hydrogens (tertiary/aromatic N) is 4. The minimum absolute atomic E-state index is 0.00190. The van der Waals surface area contributed by atoms with Crippen molar-refractivity contribution in [2.45, 2.75) is 31.8 Å². The molecule has 4 heterocycles. The second-order valence-corrected chi connectivity index (χ2v) is 6.44. The van der Waals surface area contributed by atoms with E-state index >= 15 is 0 Å². The number of pyridine rings is 1. The summed E-state index contributed by atoms with van der Waals surface area (Å²) in [6.45, 7) is 3.02. The van der Waals surface area contributed by atoms with Crippen LogP contribution in [0, 0.1) is 0 Å². The number of anilines is 1. The van der Waals surface area contributed by atoms with Gasteiger partial charge in [0.1, 0.15) is 5.82 Å². The second kappa shape index (κ2) is 6.51. The van der Waals surface area contributed by atoms with Crippen LogP contribution in [0.5, 0.6) is 0 Å². The summed E-state index contributed by atoms with van der Waals surface area (Å²) in [6, 6.07) is 4.40. The van der Waals surface area contributed by atoms with E-state index < -0.39 is 0 Å². The molecule has 24 heavy (non-hydrogen) atoms. The van der Waals surface area contributed by atoms with Crippen molar-refractivity contribution in [3.8, 4) is 0 Å². The van der Waals surface area contributed by atoms with Gasteiger partial charge in [-0.25, -0.2) is 9.78 Å². The van der Waals surface area contributed by atoms with Crippen LogP contribution in [0.2, 0.25) is 0 Å². The molecule has 0 spiro atoms. The Hall–Kier alpha value is -2.57. The van der Waals surface area contributed by atoms with Crippen LogP contribution >= 0.6 is 0 Å². The average Bonchev–Trinajstić information content (AvgIpc) is 3.24. The molecule has 0 aliphatic carbocycles. The van der Waals surface area contributed by atoms with Crippen molar-refractivity contribution < 1.29 is 4.79 Å². The molecule has 7 nitrogen and oxygen atoms in total. The molecule has 1 fully saturated rings. The van der Waals surface area contributed by atoms with E-state index in [2.05, 4.69) is 31.5 Å². The fourth-order valence-corrected chi connectivity index (χ4v) is 3.64. The molecule has 0 aromatic carbocycles. The lowest BCUT2D eigenvalue weighted by atomic mass is 10.2. The van der Waals surface area contributed by atoms with E-state index in [4.69, 9.17) is 0 Å². The molecule has 2 aromatic rings. The van der Waals surface area contributed by atoms with Crippen molar-refractivity contribution in [3.63, 3.8) is 0 Å². The minimum Gasteiger partial charge on any atom is -0.352 e. The number of aromatic nitrogens is 3. The fourth-order valence-electron chi connectivity index (χ4n) is 3.64. The quantitative estimate of drug-likeness (QED) is 0.897. The zero-order chi connectivity index (χ0) is 16.4. The lowest BCUT2D eigenvalue weighted by Gasteiger charge is -2.27. The Balaban J connectivity index is 1.44. The van der Waals surface area contributed by atoms with Gasteiger partial charge < -0.3 is 15.1 Å². The molecular formula is C17H22N6O. The van der Waals surface area contributed by atoms with Crippen molar-refractivity contribution in [2.75, 3.05) is 24.5 Å². The maximum absolute atomic E-state index is 12.6. The van der Waals surface area contributed by atoms with E-state index in [0.717, 1.165) is 49.3 Å². The number of H-pyrrole nitrogens is 1. The Morgan fingerprint density at radius 3 is 3.29 bits per heavy atom. The van der Waals surface area contributed by atoms with Crippen LogP contribution in [0.3, 0.4) is 0 Å². The van der Waals surface area contributed by atoms with Gasteiger partial charge in [0.05, 0.1) is 12.7 Å². The predicted octanol–water partition coefficient (Wildman–Crippen LogP) is 1.54. The molecule has 1 atom stereocenters. The number of carbonyl (C=O) groups is 1. The molecular weight excluding hydrogens is 304 g/mol. The zero-order valence-electron chi connectivity index (χ0n) is 13.6. The van der Waals surface area contributed by atoms with Gasteiger partial charge in [0.25, 0.3) is 0 Å². The van der Waals surface area contributed by atoms with Gasteiger partial charge in [-0.2, -0.15) is 5.10 Å². The van der Waals surface area contributed by atoms with Gasteiger partial charge in [-0.1, -0.05) is 6.07 Å². The smallest absolute Gasteiger partial charge is 0.317 e. The molecule has 1 saturated heterocycles. The number of hydrogen-bond donors (Lipinski definition) is 2. The van der Waals surface area contributed by atoms with Gasteiger partial charge in [-0.3, -0.25) is 5.10 Å². The monoisotopic (exact) mass is 326 g/mol. The topological polar surface area (TPSA) is 77.1 Å². The van der Waals surface area contributed by atoms with Gasteiger partial charge in [-0.05, 0) is 30.9 Å². The fraction of sp³-hybridized carbons (Fsp3) is 0.471. The maximum atomic E-state index is 12.6. The van der Waals surface area contributed by atoms with E-state index in [-0.39, 0.29) is 6.03 Å². The number of rotatable bonds is 3. The number of urea groups is 1. The molecule has 0 bridgehead atoms. The highest BCUT2D eigenvalue weighted by molar-refractivity contribution is 5.75. The van der Waals surface area contributed by atoms with E-state index in [1.54, 1.807) is 6.20 Å². The molecule has 4 rings (SSSR count). The van der Waals surface area contributed by atoms with Gasteiger partial charge in [0.2, 0.25) is 0 Å². The Kier molecular flexibility index (Phi) is 4.06. The first-order chi connectivity index (χ1) is 11.8. The first kappa shape index (κ1) is 15.0. The number of carbonyl (C=O) groups excluding carboxylic acids is 1. The van der Waals surface area contributed by atoms with Gasteiger partial charge in [0.15, 0.2) is 0 Å². The number of amides is 2. The number of aromatic amines is 1. The third-order valence-corrected chi connectivity index (χ3v) is 4.84. The first-order valence-corrected chi connectivity index (χ1v) is 8.52. The summed E-state index contributed by atoms with van der Waals surface area (Å²) in [6.07, 6.45) is 8.55. The summed E-state index contributed by atoms with van der Waals surface area (Å²) in [4.78, 5) is 21.5. The van der Waals surface area contributed by atoms with Crippen LogP contribution in [0.25, 0.3) is 0 Å². The molecule has 0 unspecified atom stereocenters. The predicted molar refractivity (Wildman–Crippen MR) is 90.7 cm³/mol. The highest BCUT2D eigenvalue weighted by atomic mass is 16.2. The van der Waals surface area contributed by atoms with Crippen molar-refractivity contribution >= 4 is 11.8 Å². The van der Waals surface area contributed by atoms with Crippen LogP contribution in [-0.2, 0) is 13.0 Å². The Labute approximate surface area is 141 Å². The molecule has 0 saturated carbocycles. The molecule has 7 heteroatoms. The minimum atomic E-state index is 0.00190. The van der Waals surface area contributed by atoms with Crippen LogP contribution in [-0.4, -0.2) is 51.8 Å². The Morgan fingerprint density at radius 2 is 2.42 bits per heavy atom. The van der Waals surface area contributed by atoms with Gasteiger partial charge in [-0.15, -0.1) is 0 Å². The van der Waals surface area contributed by atoms with Crippen molar-refractivity contribution in [1.82, 2.24) is 25.4 Å². The standard InChI is InChI=1S/C17H22N6O/c24-17(19-7-5-13-9-20-21-10-13)22-11-14-3-1-6-18-16(14)23-8-2-4-15(23)12-22/h1,3,6,9-10,15H,2,4-5,7-8,11-12H2,(H,19,24)(H,20,21)/t15-/m1/s1. The molecule has 2 amide bonds. The third kappa shape index (κ3) is 2.93. The lowest BCUT2D eigenvalue weighted by Crippen LogP contribution is -2.45. The highest BCUT2D eigenvalue weighted by Crippen LogP contribution is 2.31. The van der Waals surface area contributed by atoms with E-state index in [1.807, 2.05) is 23.4 Å². The van der Waals surface area contributed by atoms with E-state index in [0.29, 0.717) is 19.1 Å². The van der Waals surface area contributed by atoms with Crippen molar-refractivity contribution in [3.05, 3.63) is 41.9 Å². The maximum Gasteiger partial charge on any atom is 0.317 e. The molecule has 2 N–H and O–H groups in total. The number of nitrogens with one attached hydrogen (secondary N) is 2. The molecule has 0 radical (unpaired) electrons. The molecule has 2 aliphatic heterocycles. The zero-order valence-corrected chi connectivity index (χ0v) is 13.6. The summed E-state index contributed by atoms with van der Waals surface area (Å²) in [7, 11) is 0. The summed E-state index contributed by atoms with van der Waals surface area (Å²) in [5.41, 5.74) is 2.23. The van der Waals surface area contributed by atoms with Crippen LogP contribution in [0.15, 0.2) is 30.7 Å². The SMILES string of the molecule is O=C(NCCc1cn[nH]c1)N1Cc2cccnc2N2CCC[C@@H]2C1. The summed E-state index contributed by atoms with van der Waals surface area (Å²) in [5, 5.41) is 9.75. The second-order valence-electron chi connectivity index (χ2n) is 6.44. The van der Waals surface area contributed by atoms with Crippen molar-refractivity contribution in [1.29, 1.82) is 0 Å². The normalized spacial score (nSPS) is 19.6. The van der Waals surface area contributed by atoms with Crippen LogP contribution in [0.4, 0.5) is 10.6 Å². The summed E-state index contributed by atoms with van der Waals surface area (Å²) in [5.74, 6) is 1.05. The van der Waals surface area contributed by atoms with E-state index in [9.17, 15) is 4.79 Å². The van der Waals surface area contributed by atoms with Crippen LogP contribution < -0.4 is 10.2 Å². The number of fused-ring (bicyclic) bond motifs is 3. The van der Waals surface area contributed by atoms with Gasteiger partial charge >= 0.3 is 6.03 Å². The van der Waals surface area contributed by atoms with Crippen molar-refractivity contribution in [2.24, 2.45) is 0 Å². The number of hydrogen-bond acceptors (Lipinski definition) is 4. The first-order valence-electron chi connectivity index (χ1n) is 8.52. The van der Waals surface area contributed by atoms with Crippen LogP contribution in [0.1, 0.15) is 24.0 Å².